The molecule has 4 nitrogen and oxygen atoms in total. The van der Waals surface area contributed by atoms with Gasteiger partial charge in [-0.3, -0.25) is 4.98 Å². The number of imidazole rings is 1. The molecule has 0 amide bonds. The van der Waals surface area contributed by atoms with Gasteiger partial charge in [-0.05, 0) is 30.3 Å². The minimum atomic E-state index is -0.329. The van der Waals surface area contributed by atoms with E-state index in [9.17, 15) is 4.39 Å². The third kappa shape index (κ3) is 2.33. The number of hydrogen-bond acceptors (Lipinski definition) is 4. The van der Waals surface area contributed by atoms with Gasteiger partial charge in [0.15, 0.2) is 0 Å². The molecule has 3 aromatic heterocycles. The molecular formula is C18H12ClFN4S. The summed E-state index contributed by atoms with van der Waals surface area (Å²) in [6.45, 7) is 1.62. The molecule has 1 N–H and O–H groups in total. The van der Waals surface area contributed by atoms with Crippen molar-refractivity contribution in [2.24, 2.45) is 0 Å². The van der Waals surface area contributed by atoms with Gasteiger partial charge in [0.05, 0.1) is 10.6 Å². The maximum atomic E-state index is 14.5. The van der Waals surface area contributed by atoms with Crippen LogP contribution in [0.3, 0.4) is 0 Å². The number of benzene rings is 1. The number of thiophene rings is 1. The van der Waals surface area contributed by atoms with Crippen LogP contribution < -0.4 is 5.32 Å². The van der Waals surface area contributed by atoms with E-state index < -0.39 is 0 Å². The molecule has 0 aliphatic carbocycles. The molecule has 0 saturated carbocycles. The predicted molar refractivity (Wildman–Crippen MR) is 99.7 cm³/mol. The lowest BCUT2D eigenvalue weighted by molar-refractivity contribution is 0.631. The smallest absolute Gasteiger partial charge is 0.204 e. The first kappa shape index (κ1) is 14.9. The van der Waals surface area contributed by atoms with E-state index in [2.05, 4.69) is 25.9 Å². The van der Waals surface area contributed by atoms with Crippen LogP contribution in [0.15, 0.2) is 42.7 Å². The molecule has 0 saturated heterocycles. The summed E-state index contributed by atoms with van der Waals surface area (Å²) in [4.78, 5) is 9.88. The van der Waals surface area contributed by atoms with Gasteiger partial charge >= 0.3 is 0 Å². The topological polar surface area (TPSA) is 42.7 Å². The third-order valence-corrected chi connectivity index (χ3v) is 5.68. The second kappa shape index (κ2) is 5.54. The zero-order valence-corrected chi connectivity index (χ0v) is 14.5. The zero-order chi connectivity index (χ0) is 17.0. The van der Waals surface area contributed by atoms with Crippen molar-refractivity contribution in [3.63, 3.8) is 0 Å². The molecule has 1 aliphatic heterocycles. The van der Waals surface area contributed by atoms with Crippen LogP contribution in [-0.2, 0) is 6.54 Å². The molecule has 25 heavy (non-hydrogen) atoms. The molecule has 124 valence electrons. The molecular weight excluding hydrogens is 359 g/mol. The fraction of sp³-hybridized carbons (Fsp3) is 0.111. The SMILES string of the molecule is Fc1ccc(Cl)cc1-c1nc2n(c1-c1cc3cnccc3s1)CCN2. The Morgan fingerprint density at radius 1 is 1.24 bits per heavy atom. The lowest BCUT2D eigenvalue weighted by Crippen LogP contribution is -1.98. The van der Waals surface area contributed by atoms with Crippen molar-refractivity contribution in [2.45, 2.75) is 6.54 Å². The summed E-state index contributed by atoms with van der Waals surface area (Å²) in [6.07, 6.45) is 3.62. The Morgan fingerprint density at radius 3 is 3.04 bits per heavy atom. The van der Waals surface area contributed by atoms with Crippen LogP contribution in [0.1, 0.15) is 0 Å². The van der Waals surface area contributed by atoms with Crippen molar-refractivity contribution in [1.29, 1.82) is 0 Å². The van der Waals surface area contributed by atoms with E-state index in [1.807, 2.05) is 12.3 Å². The Bertz CT molecular complexity index is 1080. The molecule has 0 radical (unpaired) electrons. The summed E-state index contributed by atoms with van der Waals surface area (Å²) in [7, 11) is 0. The highest BCUT2D eigenvalue weighted by Gasteiger charge is 2.26. The van der Waals surface area contributed by atoms with E-state index in [-0.39, 0.29) is 5.82 Å². The number of hydrogen-bond donors (Lipinski definition) is 1. The van der Waals surface area contributed by atoms with Crippen LogP contribution in [-0.4, -0.2) is 21.1 Å². The lowest BCUT2D eigenvalue weighted by atomic mass is 10.1. The highest BCUT2D eigenvalue weighted by molar-refractivity contribution is 7.22. The number of halogens is 2. The van der Waals surface area contributed by atoms with Gasteiger partial charge in [-0.1, -0.05) is 11.6 Å². The fourth-order valence-electron chi connectivity index (χ4n) is 3.20. The number of aromatic nitrogens is 3. The van der Waals surface area contributed by atoms with E-state index in [0.717, 1.165) is 39.7 Å². The number of fused-ring (bicyclic) bond motifs is 2. The maximum Gasteiger partial charge on any atom is 0.204 e. The van der Waals surface area contributed by atoms with Gasteiger partial charge in [-0.25, -0.2) is 9.37 Å². The number of nitrogens with one attached hydrogen (secondary N) is 1. The van der Waals surface area contributed by atoms with E-state index in [1.54, 1.807) is 29.7 Å². The van der Waals surface area contributed by atoms with E-state index in [1.165, 1.54) is 6.07 Å². The predicted octanol–water partition coefficient (Wildman–Crippen LogP) is 5.04. The molecule has 0 fully saturated rings. The van der Waals surface area contributed by atoms with Crippen LogP contribution in [0.2, 0.25) is 5.02 Å². The number of anilines is 1. The Labute approximate surface area is 151 Å². The molecule has 5 rings (SSSR count). The molecule has 0 unspecified atom stereocenters. The van der Waals surface area contributed by atoms with Gasteiger partial charge in [0.1, 0.15) is 11.5 Å². The van der Waals surface area contributed by atoms with E-state index in [4.69, 9.17) is 11.6 Å². The quantitative estimate of drug-likeness (QED) is 0.537. The Morgan fingerprint density at radius 2 is 2.16 bits per heavy atom. The van der Waals surface area contributed by atoms with Crippen LogP contribution in [0, 0.1) is 5.82 Å². The van der Waals surface area contributed by atoms with Gasteiger partial charge in [0, 0.05) is 46.2 Å². The van der Waals surface area contributed by atoms with Gasteiger partial charge in [0.25, 0.3) is 0 Å². The van der Waals surface area contributed by atoms with Crippen molar-refractivity contribution in [3.8, 4) is 21.8 Å². The van der Waals surface area contributed by atoms with Crippen LogP contribution in [0.5, 0.6) is 0 Å². The van der Waals surface area contributed by atoms with Crippen molar-refractivity contribution >= 4 is 39.0 Å². The van der Waals surface area contributed by atoms with Crippen molar-refractivity contribution < 1.29 is 4.39 Å². The summed E-state index contributed by atoms with van der Waals surface area (Å²) in [5.74, 6) is 0.435. The monoisotopic (exact) mass is 370 g/mol. The van der Waals surface area contributed by atoms with Crippen LogP contribution in [0.25, 0.3) is 31.9 Å². The molecule has 1 aromatic carbocycles. The Kier molecular flexibility index (Phi) is 3.29. The molecule has 1 aliphatic rings. The van der Waals surface area contributed by atoms with Gasteiger partial charge in [-0.15, -0.1) is 11.3 Å². The molecule has 4 heterocycles. The first-order chi connectivity index (χ1) is 12.2. The molecule has 0 spiro atoms. The molecule has 0 bridgehead atoms. The Balaban J connectivity index is 1.80. The summed E-state index contributed by atoms with van der Waals surface area (Å²) < 4.78 is 17.7. The highest BCUT2D eigenvalue weighted by Crippen LogP contribution is 2.42. The first-order valence-electron chi connectivity index (χ1n) is 7.84. The van der Waals surface area contributed by atoms with Crippen molar-refractivity contribution in [3.05, 3.63) is 53.6 Å². The van der Waals surface area contributed by atoms with Gasteiger partial charge in [-0.2, -0.15) is 0 Å². The Hall–Kier alpha value is -2.44. The lowest BCUT2D eigenvalue weighted by Gasteiger charge is -2.07. The van der Waals surface area contributed by atoms with Crippen molar-refractivity contribution in [1.82, 2.24) is 14.5 Å². The first-order valence-corrected chi connectivity index (χ1v) is 9.04. The maximum absolute atomic E-state index is 14.5. The largest absolute Gasteiger partial charge is 0.354 e. The summed E-state index contributed by atoms with van der Waals surface area (Å²) in [6, 6.07) is 8.64. The number of rotatable bonds is 2. The minimum Gasteiger partial charge on any atom is -0.354 e. The van der Waals surface area contributed by atoms with Gasteiger partial charge < -0.3 is 9.88 Å². The molecule has 4 aromatic rings. The van der Waals surface area contributed by atoms with E-state index >= 15 is 0 Å². The highest BCUT2D eigenvalue weighted by atomic mass is 35.5. The van der Waals surface area contributed by atoms with Crippen LogP contribution in [0.4, 0.5) is 10.3 Å². The zero-order valence-electron chi connectivity index (χ0n) is 13.0. The minimum absolute atomic E-state index is 0.329. The molecule has 0 atom stereocenters. The second-order valence-electron chi connectivity index (χ2n) is 5.86. The summed E-state index contributed by atoms with van der Waals surface area (Å²) in [5.41, 5.74) is 1.95. The number of pyridine rings is 1. The van der Waals surface area contributed by atoms with Crippen LogP contribution >= 0.6 is 22.9 Å². The van der Waals surface area contributed by atoms with E-state index in [0.29, 0.717) is 16.3 Å². The summed E-state index contributed by atoms with van der Waals surface area (Å²) >= 11 is 7.76. The normalized spacial score (nSPS) is 13.2. The standard InChI is InChI=1S/C18H12ClFN4S/c19-11-1-2-13(20)12(8-11)16-17(24-6-5-22-18(24)23-16)15-7-10-9-21-4-3-14(10)25-15/h1-4,7-9H,5-6H2,(H,22,23). The van der Waals surface area contributed by atoms with Gasteiger partial charge in [0.2, 0.25) is 5.95 Å². The summed E-state index contributed by atoms with van der Waals surface area (Å²) in [5, 5.41) is 4.82. The average Bonchev–Trinajstić information content (AvgIpc) is 3.29. The fourth-order valence-corrected chi connectivity index (χ4v) is 4.46. The van der Waals surface area contributed by atoms with Crippen molar-refractivity contribution in [2.75, 3.05) is 11.9 Å². The second-order valence-corrected chi connectivity index (χ2v) is 7.38. The average molecular weight is 371 g/mol. The number of nitrogens with zero attached hydrogens (tertiary/aromatic N) is 3. The molecule has 7 heteroatoms. The third-order valence-electron chi connectivity index (χ3n) is 4.32.